The first-order chi connectivity index (χ1) is 12.0. The lowest BCUT2D eigenvalue weighted by atomic mass is 9.95. The molecule has 142 valence electrons. The van der Waals surface area contributed by atoms with Gasteiger partial charge in [0.2, 0.25) is 0 Å². The second kappa shape index (κ2) is 7.96. The highest BCUT2D eigenvalue weighted by molar-refractivity contribution is 9.10. The van der Waals surface area contributed by atoms with Gasteiger partial charge in [-0.2, -0.15) is 0 Å². The molecule has 1 aromatic rings. The van der Waals surface area contributed by atoms with Gasteiger partial charge in [-0.05, 0) is 45.4 Å². The van der Waals surface area contributed by atoms with E-state index in [0.29, 0.717) is 10.6 Å². The average molecular weight is 447 g/mol. The van der Waals surface area contributed by atoms with Crippen LogP contribution in [0.1, 0.15) is 37.6 Å². The van der Waals surface area contributed by atoms with Crippen LogP contribution in [-0.2, 0) is 14.3 Å². The largest absolute Gasteiger partial charge is 0.467 e. The van der Waals surface area contributed by atoms with Crippen LogP contribution in [0.3, 0.4) is 0 Å². The quantitative estimate of drug-likeness (QED) is 0.517. The number of Topliss-reactive ketones (excluding diaryl/α,β-unsaturated/α-hetero) is 1. The van der Waals surface area contributed by atoms with Gasteiger partial charge in [-0.25, -0.2) is 9.59 Å². The molecule has 0 bridgehead atoms. The highest BCUT2D eigenvalue weighted by Crippen LogP contribution is 2.31. The Hall–Kier alpha value is -1.60. The summed E-state index contributed by atoms with van der Waals surface area (Å²) >= 11 is 9.46. The number of carbonyl (C=O) groups is 3. The first kappa shape index (κ1) is 20.7. The summed E-state index contributed by atoms with van der Waals surface area (Å²) in [7, 11) is 1.25. The average Bonchev–Trinajstić information content (AvgIpc) is 2.97. The van der Waals surface area contributed by atoms with Gasteiger partial charge in [-0.15, -0.1) is 0 Å². The van der Waals surface area contributed by atoms with Crippen molar-refractivity contribution in [2.45, 2.75) is 38.8 Å². The zero-order valence-electron chi connectivity index (χ0n) is 15.0. The van der Waals surface area contributed by atoms with Gasteiger partial charge in [0.15, 0.2) is 5.78 Å². The summed E-state index contributed by atoms with van der Waals surface area (Å²) < 4.78 is 10.9. The van der Waals surface area contributed by atoms with E-state index >= 15 is 0 Å². The van der Waals surface area contributed by atoms with Crippen LogP contribution in [-0.4, -0.2) is 48.0 Å². The molecule has 0 spiro atoms. The number of amides is 1. The fraction of sp³-hybridized carbons (Fsp3) is 0.500. The molecule has 26 heavy (non-hydrogen) atoms. The molecule has 2 atom stereocenters. The van der Waals surface area contributed by atoms with Crippen molar-refractivity contribution in [1.82, 2.24) is 4.90 Å². The van der Waals surface area contributed by atoms with E-state index in [1.807, 2.05) is 0 Å². The topological polar surface area (TPSA) is 72.9 Å². The maximum absolute atomic E-state index is 12.9. The lowest BCUT2D eigenvalue weighted by molar-refractivity contribution is -0.145. The number of benzene rings is 1. The van der Waals surface area contributed by atoms with E-state index in [1.54, 1.807) is 39.0 Å². The van der Waals surface area contributed by atoms with Crippen LogP contribution in [0.25, 0.3) is 0 Å². The molecule has 0 saturated carbocycles. The van der Waals surface area contributed by atoms with Crippen LogP contribution in [0.5, 0.6) is 0 Å². The molecule has 1 aliphatic rings. The van der Waals surface area contributed by atoms with E-state index in [-0.39, 0.29) is 18.7 Å². The van der Waals surface area contributed by atoms with Crippen LogP contribution < -0.4 is 0 Å². The smallest absolute Gasteiger partial charge is 0.411 e. The van der Waals surface area contributed by atoms with Crippen molar-refractivity contribution in [1.29, 1.82) is 0 Å². The third kappa shape index (κ3) is 4.76. The van der Waals surface area contributed by atoms with Gasteiger partial charge in [0.1, 0.15) is 11.6 Å². The van der Waals surface area contributed by atoms with Crippen LogP contribution >= 0.6 is 27.5 Å². The number of hydrogen-bond acceptors (Lipinski definition) is 5. The summed E-state index contributed by atoms with van der Waals surface area (Å²) in [5.74, 6) is -1.36. The molecule has 1 aliphatic heterocycles. The second-order valence-corrected chi connectivity index (χ2v) is 8.42. The Bertz CT molecular complexity index is 731. The van der Waals surface area contributed by atoms with Gasteiger partial charge in [0, 0.05) is 22.5 Å². The van der Waals surface area contributed by atoms with E-state index in [2.05, 4.69) is 15.9 Å². The van der Waals surface area contributed by atoms with Gasteiger partial charge in [0.05, 0.1) is 12.1 Å². The number of likely N-dealkylation sites (tertiary alicyclic amines) is 1. The third-order valence-corrected chi connectivity index (χ3v) is 4.78. The molecule has 1 unspecified atom stereocenters. The van der Waals surface area contributed by atoms with Gasteiger partial charge < -0.3 is 9.47 Å². The maximum atomic E-state index is 12.9. The molecule has 1 heterocycles. The lowest BCUT2D eigenvalue weighted by Gasteiger charge is -2.27. The standard InChI is InChI=1S/C18H21BrClNO5/c1-18(2,3)26-17(24)21-9-10(7-14(21)16(23)25-4)15(22)12-6-5-11(19)8-13(12)20/h5-6,8,10,14H,7,9H2,1-4H3/t10?,14-/m0/s1. The molecule has 0 aliphatic carbocycles. The second-order valence-electron chi connectivity index (χ2n) is 7.09. The maximum Gasteiger partial charge on any atom is 0.411 e. The Morgan fingerprint density at radius 2 is 1.92 bits per heavy atom. The Morgan fingerprint density at radius 1 is 1.27 bits per heavy atom. The summed E-state index contributed by atoms with van der Waals surface area (Å²) in [6, 6.07) is 4.11. The van der Waals surface area contributed by atoms with Crippen molar-refractivity contribution in [3.8, 4) is 0 Å². The molecule has 1 fully saturated rings. The zero-order chi connectivity index (χ0) is 19.6. The number of hydrogen-bond donors (Lipinski definition) is 0. The molecule has 1 saturated heterocycles. The minimum Gasteiger partial charge on any atom is -0.467 e. The Balaban J connectivity index is 2.25. The number of ether oxygens (including phenoxy) is 2. The predicted octanol–water partition coefficient (Wildman–Crippen LogP) is 4.08. The third-order valence-electron chi connectivity index (χ3n) is 3.97. The van der Waals surface area contributed by atoms with Gasteiger partial charge in [-0.3, -0.25) is 9.69 Å². The molecular formula is C18H21BrClNO5. The SMILES string of the molecule is COC(=O)[C@@H]1CC(C(=O)c2ccc(Br)cc2Cl)CN1C(=O)OC(C)(C)C. The van der Waals surface area contributed by atoms with Crippen LogP contribution in [0.4, 0.5) is 4.79 Å². The minimum atomic E-state index is -0.863. The molecule has 6 nitrogen and oxygen atoms in total. The van der Waals surface area contributed by atoms with Gasteiger partial charge >= 0.3 is 12.1 Å². The Morgan fingerprint density at radius 3 is 2.46 bits per heavy atom. The summed E-state index contributed by atoms with van der Waals surface area (Å²) in [6.45, 7) is 5.27. The lowest BCUT2D eigenvalue weighted by Crippen LogP contribution is -2.43. The number of methoxy groups -OCH3 is 1. The zero-order valence-corrected chi connectivity index (χ0v) is 17.4. The van der Waals surface area contributed by atoms with Crippen LogP contribution in [0.2, 0.25) is 5.02 Å². The fourth-order valence-corrected chi connectivity index (χ4v) is 3.58. The van der Waals surface area contributed by atoms with Crippen LogP contribution in [0, 0.1) is 5.92 Å². The first-order valence-electron chi connectivity index (χ1n) is 8.10. The molecule has 1 aromatic carbocycles. The van der Waals surface area contributed by atoms with E-state index in [1.165, 1.54) is 12.0 Å². The van der Waals surface area contributed by atoms with Gasteiger partial charge in [-0.1, -0.05) is 27.5 Å². The number of halogens is 2. The first-order valence-corrected chi connectivity index (χ1v) is 9.27. The summed E-state index contributed by atoms with van der Waals surface area (Å²) in [5, 5.41) is 0.315. The number of esters is 1. The predicted molar refractivity (Wildman–Crippen MR) is 100 cm³/mol. The van der Waals surface area contributed by atoms with Crippen molar-refractivity contribution >= 4 is 45.4 Å². The molecule has 0 aromatic heterocycles. The minimum absolute atomic E-state index is 0.0694. The molecule has 0 N–H and O–H groups in total. The fourth-order valence-electron chi connectivity index (χ4n) is 2.82. The molecular weight excluding hydrogens is 426 g/mol. The number of rotatable bonds is 3. The molecule has 8 heteroatoms. The number of carbonyl (C=O) groups excluding carboxylic acids is 3. The van der Waals surface area contributed by atoms with E-state index in [0.717, 1.165) is 4.47 Å². The van der Waals surface area contributed by atoms with E-state index < -0.39 is 29.6 Å². The number of ketones is 1. The van der Waals surface area contributed by atoms with Crippen molar-refractivity contribution < 1.29 is 23.9 Å². The highest BCUT2D eigenvalue weighted by atomic mass is 79.9. The molecule has 1 amide bonds. The normalized spacial score (nSPS) is 20.0. The number of nitrogens with zero attached hydrogens (tertiary/aromatic N) is 1. The van der Waals surface area contributed by atoms with Crippen LogP contribution in [0.15, 0.2) is 22.7 Å². The summed E-state index contributed by atoms with van der Waals surface area (Å²) in [5.41, 5.74) is -0.357. The molecule has 2 rings (SSSR count). The van der Waals surface area contributed by atoms with E-state index in [9.17, 15) is 14.4 Å². The monoisotopic (exact) mass is 445 g/mol. The van der Waals surface area contributed by atoms with Crippen molar-refractivity contribution in [3.63, 3.8) is 0 Å². The van der Waals surface area contributed by atoms with Crippen molar-refractivity contribution in [2.75, 3.05) is 13.7 Å². The van der Waals surface area contributed by atoms with Gasteiger partial charge in [0.25, 0.3) is 0 Å². The molecule has 0 radical (unpaired) electrons. The Kier molecular flexibility index (Phi) is 6.34. The Labute approximate surface area is 165 Å². The summed E-state index contributed by atoms with van der Waals surface area (Å²) in [4.78, 5) is 38.7. The van der Waals surface area contributed by atoms with Crippen molar-refractivity contribution in [2.24, 2.45) is 5.92 Å². The summed E-state index contributed by atoms with van der Waals surface area (Å²) in [6.07, 6.45) is -0.484. The van der Waals surface area contributed by atoms with E-state index in [4.69, 9.17) is 21.1 Å². The highest BCUT2D eigenvalue weighted by Gasteiger charge is 2.45. The van der Waals surface area contributed by atoms with Crippen molar-refractivity contribution in [3.05, 3.63) is 33.3 Å².